The quantitative estimate of drug-likeness (QED) is 0.614. The number of benzene rings is 1. The minimum Gasteiger partial charge on any atom is -0.481 e. The number of aliphatic hydroxyl groups excluding tert-OH is 1. The first-order valence-electron chi connectivity index (χ1n) is 9.40. The molecule has 144 valence electrons. The molecule has 1 aliphatic carbocycles. The summed E-state index contributed by atoms with van der Waals surface area (Å²) >= 11 is 0. The lowest BCUT2D eigenvalue weighted by molar-refractivity contribution is -0.136. The van der Waals surface area contributed by atoms with Crippen molar-refractivity contribution in [1.29, 1.82) is 0 Å². The van der Waals surface area contributed by atoms with E-state index in [-0.39, 0.29) is 13.0 Å². The molecule has 1 aromatic rings. The first kappa shape index (κ1) is 19.2. The van der Waals surface area contributed by atoms with Crippen molar-refractivity contribution in [1.82, 2.24) is 10.5 Å². The number of aryl methyl sites for hydroxylation is 1. The van der Waals surface area contributed by atoms with Crippen molar-refractivity contribution in [3.8, 4) is 0 Å². The van der Waals surface area contributed by atoms with E-state index in [0.29, 0.717) is 6.42 Å². The van der Waals surface area contributed by atoms with Crippen LogP contribution in [0, 0.1) is 6.92 Å². The number of carboxylic acid groups (broad SMARTS) is 1. The van der Waals surface area contributed by atoms with Gasteiger partial charge in [0.15, 0.2) is 0 Å². The van der Waals surface area contributed by atoms with Gasteiger partial charge in [0.25, 0.3) is 0 Å². The van der Waals surface area contributed by atoms with Crippen LogP contribution in [0.5, 0.6) is 0 Å². The molecule has 0 bridgehead atoms. The van der Waals surface area contributed by atoms with E-state index in [0.717, 1.165) is 47.5 Å². The maximum Gasteiger partial charge on any atom is 0.303 e. The highest BCUT2D eigenvalue weighted by Crippen LogP contribution is 2.43. The third-order valence-electron chi connectivity index (χ3n) is 5.46. The summed E-state index contributed by atoms with van der Waals surface area (Å²) in [5, 5.41) is 24.9. The fourth-order valence-corrected chi connectivity index (χ4v) is 3.95. The highest BCUT2D eigenvalue weighted by Gasteiger charge is 2.44. The molecule has 6 nitrogen and oxygen atoms in total. The second kappa shape index (κ2) is 7.96. The summed E-state index contributed by atoms with van der Waals surface area (Å²) in [6.45, 7) is 5.14. The van der Waals surface area contributed by atoms with E-state index < -0.39 is 11.4 Å². The smallest absolute Gasteiger partial charge is 0.303 e. The van der Waals surface area contributed by atoms with E-state index in [9.17, 15) is 9.90 Å². The van der Waals surface area contributed by atoms with Crippen LogP contribution in [0.4, 0.5) is 0 Å². The normalized spacial score (nSPS) is 21.1. The zero-order valence-corrected chi connectivity index (χ0v) is 15.9. The first-order chi connectivity index (χ1) is 13.0. The lowest BCUT2D eigenvalue weighted by Gasteiger charge is -2.37. The Hall–Kier alpha value is -2.60. The summed E-state index contributed by atoms with van der Waals surface area (Å²) < 4.78 is 0. The van der Waals surface area contributed by atoms with E-state index in [4.69, 9.17) is 5.11 Å². The molecular formula is C21H27N3O3. The van der Waals surface area contributed by atoms with Gasteiger partial charge in [0.2, 0.25) is 0 Å². The average Bonchev–Trinajstić information content (AvgIpc) is 3.06. The number of carbonyl (C=O) groups is 1. The van der Waals surface area contributed by atoms with Gasteiger partial charge in [-0.05, 0) is 50.3 Å². The Morgan fingerprint density at radius 3 is 2.74 bits per heavy atom. The number of hydrogen-bond donors (Lipinski definition) is 3. The van der Waals surface area contributed by atoms with E-state index in [1.807, 2.05) is 23.2 Å². The number of hydrazone groups is 1. The zero-order chi connectivity index (χ0) is 19.4. The number of nitrogens with zero attached hydrogens (tertiary/aromatic N) is 2. The number of aliphatic hydroxyl groups is 1. The Bertz CT molecular complexity index is 813. The van der Waals surface area contributed by atoms with Gasteiger partial charge in [0, 0.05) is 19.6 Å². The summed E-state index contributed by atoms with van der Waals surface area (Å²) in [5.74, 6) is -0.796. The molecule has 0 amide bonds. The standard InChI is InChI=1S/C21H27N3O3/c1-15-7-3-4-8-17(15)21(2)16(10-12-19(26)27)9-11-18-20(21)22-23-24(18)13-5-6-14-25/h3-4,7-9,11,23,25H,5-6,10,12-14H2,1-2H3,(H,26,27). The number of rotatable bonds is 8. The number of unbranched alkanes of at least 4 members (excludes halogenated alkanes) is 1. The van der Waals surface area contributed by atoms with E-state index >= 15 is 0 Å². The molecule has 1 aromatic carbocycles. The van der Waals surface area contributed by atoms with Crippen LogP contribution >= 0.6 is 0 Å². The van der Waals surface area contributed by atoms with Crippen LogP contribution in [0.3, 0.4) is 0 Å². The molecule has 0 fully saturated rings. The van der Waals surface area contributed by atoms with Gasteiger partial charge in [-0.3, -0.25) is 9.80 Å². The van der Waals surface area contributed by atoms with Crippen LogP contribution in [0.15, 0.2) is 52.8 Å². The van der Waals surface area contributed by atoms with Crippen molar-refractivity contribution in [2.45, 2.75) is 44.9 Å². The number of allylic oxidation sites excluding steroid dienone is 4. The van der Waals surface area contributed by atoms with Crippen LogP contribution in [-0.2, 0) is 10.2 Å². The SMILES string of the molecule is Cc1ccccc1C1(C)C(CCC(=O)O)=CC=C2C1=NNN2CCCCO. The first-order valence-corrected chi connectivity index (χ1v) is 9.40. The summed E-state index contributed by atoms with van der Waals surface area (Å²) in [5.41, 5.74) is 7.91. The Morgan fingerprint density at radius 1 is 1.26 bits per heavy atom. The largest absolute Gasteiger partial charge is 0.481 e. The molecule has 27 heavy (non-hydrogen) atoms. The third kappa shape index (κ3) is 3.62. The highest BCUT2D eigenvalue weighted by molar-refractivity contribution is 6.11. The monoisotopic (exact) mass is 369 g/mol. The molecule has 0 saturated carbocycles. The number of nitrogens with one attached hydrogen (secondary N) is 1. The van der Waals surface area contributed by atoms with Crippen molar-refractivity contribution in [2.24, 2.45) is 5.10 Å². The maximum absolute atomic E-state index is 11.2. The molecule has 3 N–H and O–H groups in total. The average molecular weight is 369 g/mol. The van der Waals surface area contributed by atoms with Gasteiger partial charge < -0.3 is 10.2 Å². The predicted octanol–water partition coefficient (Wildman–Crippen LogP) is 2.89. The molecule has 0 saturated heterocycles. The maximum atomic E-state index is 11.2. The van der Waals surface area contributed by atoms with Crippen molar-refractivity contribution in [3.05, 3.63) is 58.8 Å². The molecule has 0 spiro atoms. The van der Waals surface area contributed by atoms with Crippen LogP contribution < -0.4 is 5.53 Å². The summed E-state index contributed by atoms with van der Waals surface area (Å²) in [7, 11) is 0. The molecule has 1 atom stereocenters. The van der Waals surface area contributed by atoms with Crippen LogP contribution in [0.1, 0.15) is 43.7 Å². The Kier molecular flexibility index (Phi) is 5.65. The summed E-state index contributed by atoms with van der Waals surface area (Å²) in [4.78, 5) is 11.2. The van der Waals surface area contributed by atoms with E-state index in [1.54, 1.807) is 0 Å². The second-order valence-electron chi connectivity index (χ2n) is 7.22. The minimum atomic E-state index is -0.796. The lowest BCUT2D eigenvalue weighted by atomic mass is 9.66. The van der Waals surface area contributed by atoms with Gasteiger partial charge in [-0.15, -0.1) is 0 Å². The van der Waals surface area contributed by atoms with Crippen molar-refractivity contribution in [3.63, 3.8) is 0 Å². The molecule has 0 aromatic heterocycles. The number of aliphatic carboxylic acids is 1. The van der Waals surface area contributed by atoms with Gasteiger partial charge in [-0.25, -0.2) is 5.53 Å². The molecule has 2 aliphatic rings. The molecule has 1 heterocycles. The Labute approximate surface area is 159 Å². The highest BCUT2D eigenvalue weighted by atomic mass is 16.4. The number of hydrogen-bond acceptors (Lipinski definition) is 5. The lowest BCUT2D eigenvalue weighted by Crippen LogP contribution is -2.40. The fraction of sp³-hybridized carbons (Fsp3) is 0.429. The van der Waals surface area contributed by atoms with Crippen molar-refractivity contribution >= 4 is 11.7 Å². The van der Waals surface area contributed by atoms with Crippen LogP contribution in [0.2, 0.25) is 0 Å². The van der Waals surface area contributed by atoms with E-state index in [1.165, 1.54) is 0 Å². The van der Waals surface area contributed by atoms with E-state index in [2.05, 4.69) is 42.7 Å². The van der Waals surface area contributed by atoms with Crippen molar-refractivity contribution in [2.75, 3.05) is 13.2 Å². The molecule has 3 rings (SSSR count). The van der Waals surface area contributed by atoms with Gasteiger partial charge >= 0.3 is 5.97 Å². The van der Waals surface area contributed by atoms with Crippen molar-refractivity contribution < 1.29 is 15.0 Å². The number of hydrazine groups is 1. The Morgan fingerprint density at radius 2 is 2.04 bits per heavy atom. The van der Waals surface area contributed by atoms with Gasteiger partial charge in [-0.2, -0.15) is 5.10 Å². The Balaban J connectivity index is 1.99. The molecule has 6 heteroatoms. The van der Waals surface area contributed by atoms with Gasteiger partial charge in [0.05, 0.1) is 11.1 Å². The minimum absolute atomic E-state index is 0.0946. The second-order valence-corrected chi connectivity index (χ2v) is 7.22. The van der Waals surface area contributed by atoms with Crippen LogP contribution in [-0.4, -0.2) is 40.1 Å². The molecular weight excluding hydrogens is 342 g/mol. The number of fused-ring (bicyclic) bond motifs is 1. The number of carboxylic acids is 1. The molecule has 0 radical (unpaired) electrons. The summed E-state index contributed by atoms with van der Waals surface area (Å²) in [6, 6.07) is 8.21. The summed E-state index contributed by atoms with van der Waals surface area (Å²) in [6.07, 6.45) is 6.26. The molecule has 1 unspecified atom stereocenters. The zero-order valence-electron chi connectivity index (χ0n) is 15.9. The topological polar surface area (TPSA) is 85.2 Å². The molecule has 1 aliphatic heterocycles. The third-order valence-corrected chi connectivity index (χ3v) is 5.46. The fourth-order valence-electron chi connectivity index (χ4n) is 3.95. The van der Waals surface area contributed by atoms with Gasteiger partial charge in [-0.1, -0.05) is 35.9 Å². The van der Waals surface area contributed by atoms with Gasteiger partial charge in [0.1, 0.15) is 5.71 Å². The predicted molar refractivity (Wildman–Crippen MR) is 105 cm³/mol. The van der Waals surface area contributed by atoms with Crippen LogP contribution in [0.25, 0.3) is 0 Å².